The standard InChI is InChI=1S/C14H12FN5/c15-12-8-6-11(7-9-12)10-16-14-17-18-19-20(14)13-4-2-1-3-5-13/h1-9H,10H2,(H,16,17,19). The molecule has 0 unspecified atom stereocenters. The summed E-state index contributed by atoms with van der Waals surface area (Å²) >= 11 is 0. The van der Waals surface area contributed by atoms with Crippen LogP contribution >= 0.6 is 0 Å². The molecule has 0 saturated heterocycles. The van der Waals surface area contributed by atoms with Crippen molar-refractivity contribution in [2.24, 2.45) is 0 Å². The van der Waals surface area contributed by atoms with Crippen LogP contribution < -0.4 is 5.32 Å². The Kier molecular flexibility index (Phi) is 3.36. The molecule has 0 bridgehead atoms. The molecule has 0 aliphatic rings. The predicted octanol–water partition coefficient (Wildman–Crippen LogP) is 2.41. The second-order valence-electron chi connectivity index (χ2n) is 4.23. The third-order valence-electron chi connectivity index (χ3n) is 2.83. The van der Waals surface area contributed by atoms with Gasteiger partial charge in [0.05, 0.1) is 5.69 Å². The van der Waals surface area contributed by atoms with Gasteiger partial charge in [0.15, 0.2) is 0 Å². The molecule has 0 radical (unpaired) electrons. The summed E-state index contributed by atoms with van der Waals surface area (Å²) < 4.78 is 14.4. The summed E-state index contributed by atoms with van der Waals surface area (Å²) in [6, 6.07) is 15.9. The van der Waals surface area contributed by atoms with Crippen molar-refractivity contribution in [2.45, 2.75) is 6.54 Å². The van der Waals surface area contributed by atoms with E-state index in [9.17, 15) is 4.39 Å². The number of rotatable bonds is 4. The van der Waals surface area contributed by atoms with E-state index < -0.39 is 0 Å². The molecule has 1 N–H and O–H groups in total. The van der Waals surface area contributed by atoms with Gasteiger partial charge in [-0.15, -0.1) is 0 Å². The number of nitrogens with one attached hydrogen (secondary N) is 1. The maximum absolute atomic E-state index is 12.8. The average molecular weight is 269 g/mol. The van der Waals surface area contributed by atoms with E-state index in [1.54, 1.807) is 16.8 Å². The lowest BCUT2D eigenvalue weighted by atomic mass is 10.2. The van der Waals surface area contributed by atoms with Gasteiger partial charge in [0.1, 0.15) is 5.82 Å². The van der Waals surface area contributed by atoms with E-state index in [0.29, 0.717) is 12.5 Å². The molecule has 2 aromatic carbocycles. The van der Waals surface area contributed by atoms with Crippen LogP contribution in [0.5, 0.6) is 0 Å². The number of hydrogen-bond donors (Lipinski definition) is 1. The summed E-state index contributed by atoms with van der Waals surface area (Å²) in [5.74, 6) is 0.295. The number of tetrazole rings is 1. The molecule has 20 heavy (non-hydrogen) atoms. The van der Waals surface area contributed by atoms with Crippen LogP contribution in [0, 0.1) is 5.82 Å². The Hall–Kier alpha value is -2.76. The Bertz CT molecular complexity index is 678. The van der Waals surface area contributed by atoms with Crippen molar-refractivity contribution >= 4 is 5.95 Å². The molecule has 0 spiro atoms. The van der Waals surface area contributed by atoms with Gasteiger partial charge in [-0.3, -0.25) is 0 Å². The predicted molar refractivity (Wildman–Crippen MR) is 72.9 cm³/mol. The SMILES string of the molecule is Fc1ccc(CNc2nnnn2-c2ccccc2)cc1. The fourth-order valence-electron chi connectivity index (χ4n) is 1.82. The first-order valence-corrected chi connectivity index (χ1v) is 6.15. The average Bonchev–Trinajstić information content (AvgIpc) is 2.96. The first-order chi connectivity index (χ1) is 9.83. The molecular formula is C14H12FN5. The Labute approximate surface area is 115 Å². The van der Waals surface area contributed by atoms with Gasteiger partial charge in [-0.1, -0.05) is 35.4 Å². The van der Waals surface area contributed by atoms with E-state index in [1.165, 1.54) is 12.1 Å². The Morgan fingerprint density at radius 3 is 2.50 bits per heavy atom. The van der Waals surface area contributed by atoms with Gasteiger partial charge in [-0.05, 0) is 40.3 Å². The fourth-order valence-corrected chi connectivity index (χ4v) is 1.82. The fraction of sp³-hybridized carbons (Fsp3) is 0.0714. The highest BCUT2D eigenvalue weighted by Crippen LogP contribution is 2.12. The summed E-state index contributed by atoms with van der Waals surface area (Å²) in [4.78, 5) is 0. The van der Waals surface area contributed by atoms with Gasteiger partial charge in [0.2, 0.25) is 5.95 Å². The topological polar surface area (TPSA) is 55.6 Å². The molecule has 0 aliphatic carbocycles. The summed E-state index contributed by atoms with van der Waals surface area (Å²) in [7, 11) is 0. The largest absolute Gasteiger partial charge is 0.349 e. The van der Waals surface area contributed by atoms with Gasteiger partial charge in [-0.2, -0.15) is 4.68 Å². The molecule has 5 nitrogen and oxygen atoms in total. The first kappa shape index (κ1) is 12.3. The summed E-state index contributed by atoms with van der Waals surface area (Å²) in [5.41, 5.74) is 1.83. The minimum atomic E-state index is -0.247. The van der Waals surface area contributed by atoms with Crippen LogP contribution in [0.4, 0.5) is 10.3 Å². The van der Waals surface area contributed by atoms with Crippen molar-refractivity contribution in [1.29, 1.82) is 0 Å². The van der Waals surface area contributed by atoms with Gasteiger partial charge in [-0.25, -0.2) is 4.39 Å². The van der Waals surface area contributed by atoms with E-state index in [2.05, 4.69) is 20.8 Å². The quantitative estimate of drug-likeness (QED) is 0.790. The van der Waals surface area contributed by atoms with Crippen molar-refractivity contribution in [3.05, 3.63) is 66.0 Å². The monoisotopic (exact) mass is 269 g/mol. The molecule has 0 aliphatic heterocycles. The molecule has 3 aromatic rings. The number of aromatic nitrogens is 4. The zero-order valence-corrected chi connectivity index (χ0v) is 10.6. The molecule has 100 valence electrons. The highest BCUT2D eigenvalue weighted by molar-refractivity contribution is 5.38. The normalized spacial score (nSPS) is 10.4. The molecular weight excluding hydrogens is 257 g/mol. The van der Waals surface area contributed by atoms with Crippen LogP contribution in [-0.4, -0.2) is 20.2 Å². The number of anilines is 1. The second-order valence-corrected chi connectivity index (χ2v) is 4.23. The first-order valence-electron chi connectivity index (χ1n) is 6.15. The van der Waals surface area contributed by atoms with Gasteiger partial charge >= 0.3 is 0 Å². The smallest absolute Gasteiger partial charge is 0.248 e. The lowest BCUT2D eigenvalue weighted by Gasteiger charge is -2.06. The van der Waals surface area contributed by atoms with E-state index >= 15 is 0 Å². The number of nitrogens with zero attached hydrogens (tertiary/aromatic N) is 4. The molecule has 1 heterocycles. The minimum Gasteiger partial charge on any atom is -0.349 e. The van der Waals surface area contributed by atoms with Crippen LogP contribution in [0.3, 0.4) is 0 Å². The molecule has 0 fully saturated rings. The van der Waals surface area contributed by atoms with Gasteiger partial charge < -0.3 is 5.32 Å². The zero-order valence-electron chi connectivity index (χ0n) is 10.6. The third-order valence-corrected chi connectivity index (χ3v) is 2.83. The van der Waals surface area contributed by atoms with Crippen molar-refractivity contribution in [3.63, 3.8) is 0 Å². The summed E-state index contributed by atoms with van der Waals surface area (Å²) in [6.07, 6.45) is 0. The zero-order chi connectivity index (χ0) is 13.8. The second kappa shape index (κ2) is 5.48. The molecule has 3 rings (SSSR count). The van der Waals surface area contributed by atoms with Gasteiger partial charge in [0, 0.05) is 6.54 Å². The van der Waals surface area contributed by atoms with Crippen molar-refractivity contribution in [3.8, 4) is 5.69 Å². The van der Waals surface area contributed by atoms with Gasteiger partial charge in [0.25, 0.3) is 0 Å². The Balaban J connectivity index is 1.76. The van der Waals surface area contributed by atoms with Crippen LogP contribution in [0.25, 0.3) is 5.69 Å². The molecule has 0 atom stereocenters. The number of hydrogen-bond acceptors (Lipinski definition) is 4. The molecule has 0 saturated carbocycles. The highest BCUT2D eigenvalue weighted by Gasteiger charge is 2.07. The molecule has 6 heteroatoms. The van der Waals surface area contributed by atoms with Crippen LogP contribution in [-0.2, 0) is 6.54 Å². The Morgan fingerprint density at radius 1 is 1.00 bits per heavy atom. The van der Waals surface area contributed by atoms with Crippen molar-refractivity contribution in [2.75, 3.05) is 5.32 Å². The van der Waals surface area contributed by atoms with Crippen LogP contribution in [0.2, 0.25) is 0 Å². The summed E-state index contributed by atoms with van der Waals surface area (Å²) in [6.45, 7) is 0.521. The van der Waals surface area contributed by atoms with E-state index in [-0.39, 0.29) is 5.82 Å². The maximum Gasteiger partial charge on any atom is 0.248 e. The number of benzene rings is 2. The minimum absolute atomic E-state index is 0.247. The third kappa shape index (κ3) is 2.64. The van der Waals surface area contributed by atoms with Crippen molar-refractivity contribution < 1.29 is 4.39 Å². The van der Waals surface area contributed by atoms with Crippen LogP contribution in [0.15, 0.2) is 54.6 Å². The Morgan fingerprint density at radius 2 is 1.75 bits per heavy atom. The van der Waals surface area contributed by atoms with Crippen molar-refractivity contribution in [1.82, 2.24) is 20.2 Å². The highest BCUT2D eigenvalue weighted by atomic mass is 19.1. The van der Waals surface area contributed by atoms with E-state index in [4.69, 9.17) is 0 Å². The van der Waals surface area contributed by atoms with E-state index in [0.717, 1.165) is 11.3 Å². The van der Waals surface area contributed by atoms with Crippen LogP contribution in [0.1, 0.15) is 5.56 Å². The maximum atomic E-state index is 12.8. The number of para-hydroxylation sites is 1. The molecule has 1 aromatic heterocycles. The lowest BCUT2D eigenvalue weighted by Crippen LogP contribution is -2.07. The summed E-state index contributed by atoms with van der Waals surface area (Å²) in [5, 5.41) is 14.7. The lowest BCUT2D eigenvalue weighted by molar-refractivity contribution is 0.627. The number of halogens is 1. The van der Waals surface area contributed by atoms with E-state index in [1.807, 2.05) is 30.3 Å². The molecule has 0 amide bonds.